The summed E-state index contributed by atoms with van der Waals surface area (Å²) >= 11 is 0. The van der Waals surface area contributed by atoms with E-state index in [9.17, 15) is 22.4 Å². The first-order valence-corrected chi connectivity index (χ1v) is 10.8. The van der Waals surface area contributed by atoms with E-state index in [2.05, 4.69) is 25.3 Å². The highest BCUT2D eigenvalue weighted by Gasteiger charge is 2.44. The smallest absolute Gasteiger partial charge is 0.364 e. The number of aromatic nitrogens is 4. The second-order valence-corrected chi connectivity index (χ2v) is 8.50. The lowest BCUT2D eigenvalue weighted by Gasteiger charge is -2.50. The van der Waals surface area contributed by atoms with Gasteiger partial charge in [-0.1, -0.05) is 0 Å². The Labute approximate surface area is 192 Å². The predicted molar refractivity (Wildman–Crippen MR) is 114 cm³/mol. The van der Waals surface area contributed by atoms with Crippen LogP contribution >= 0.6 is 0 Å². The van der Waals surface area contributed by atoms with Gasteiger partial charge in [0.1, 0.15) is 11.6 Å². The lowest BCUT2D eigenvalue weighted by atomic mass is 9.76. The molecule has 176 valence electrons. The molecule has 7 nitrogen and oxygen atoms in total. The Bertz CT molecular complexity index is 1190. The second kappa shape index (κ2) is 8.62. The van der Waals surface area contributed by atoms with Gasteiger partial charge in [-0.3, -0.25) is 4.79 Å². The minimum Gasteiger partial charge on any atom is -0.364 e. The van der Waals surface area contributed by atoms with E-state index < -0.39 is 17.7 Å². The van der Waals surface area contributed by atoms with Crippen LogP contribution in [0.25, 0.3) is 11.4 Å². The molecule has 3 fully saturated rings. The molecule has 1 aromatic carbocycles. The van der Waals surface area contributed by atoms with Crippen LogP contribution in [0, 0.1) is 11.7 Å². The number of fused-ring (bicyclic) bond motifs is 3. The maximum atomic E-state index is 14.1. The molecule has 1 amide bonds. The van der Waals surface area contributed by atoms with E-state index in [1.165, 1.54) is 18.2 Å². The van der Waals surface area contributed by atoms with Gasteiger partial charge in [-0.15, -0.1) is 0 Å². The van der Waals surface area contributed by atoms with Crippen LogP contribution in [0.15, 0.2) is 49.1 Å². The molecule has 0 radical (unpaired) electrons. The van der Waals surface area contributed by atoms with Gasteiger partial charge in [0.15, 0.2) is 11.5 Å². The summed E-state index contributed by atoms with van der Waals surface area (Å²) in [4.78, 5) is 31.0. The number of nitrogens with one attached hydrogen (secondary N) is 1. The Balaban J connectivity index is 1.40. The average molecular weight is 472 g/mol. The summed E-state index contributed by atoms with van der Waals surface area (Å²) in [5.74, 6) is -0.134. The number of piperidine rings is 2. The zero-order valence-electron chi connectivity index (χ0n) is 17.8. The van der Waals surface area contributed by atoms with Crippen LogP contribution < -0.4 is 5.32 Å². The number of hydrogen-bond donors (Lipinski definition) is 1. The summed E-state index contributed by atoms with van der Waals surface area (Å²) in [7, 11) is 0. The molecule has 1 N–H and O–H groups in total. The van der Waals surface area contributed by atoms with Crippen molar-refractivity contribution in [3.63, 3.8) is 0 Å². The van der Waals surface area contributed by atoms with Gasteiger partial charge in [-0.05, 0) is 49.4 Å². The van der Waals surface area contributed by atoms with Crippen molar-refractivity contribution in [2.75, 3.05) is 11.9 Å². The van der Waals surface area contributed by atoms with Gasteiger partial charge in [-0.25, -0.2) is 24.3 Å². The van der Waals surface area contributed by atoms with E-state index in [1.54, 1.807) is 23.4 Å². The molecule has 2 bridgehead atoms. The Hall–Kier alpha value is -3.63. The number of carbonyl (C=O) groups excluding carboxylic acids is 1. The minimum atomic E-state index is -4.57. The molecular formula is C23H20F4N6O. The molecule has 2 aromatic heterocycles. The van der Waals surface area contributed by atoms with E-state index in [1.807, 2.05) is 0 Å². The fourth-order valence-corrected chi connectivity index (χ4v) is 4.80. The quantitative estimate of drug-likeness (QED) is 0.573. The van der Waals surface area contributed by atoms with Crippen LogP contribution in [-0.2, 0) is 6.18 Å². The van der Waals surface area contributed by atoms with E-state index in [-0.39, 0.29) is 35.3 Å². The van der Waals surface area contributed by atoms with Crippen molar-refractivity contribution in [1.82, 2.24) is 24.8 Å². The number of nitrogens with zero attached hydrogens (tertiary/aromatic N) is 5. The first kappa shape index (κ1) is 22.2. The highest BCUT2D eigenvalue weighted by Crippen LogP contribution is 2.38. The molecule has 11 heteroatoms. The first-order valence-electron chi connectivity index (χ1n) is 10.8. The summed E-state index contributed by atoms with van der Waals surface area (Å²) in [6, 6.07) is 5.16. The number of benzene rings is 1. The molecule has 0 spiro atoms. The van der Waals surface area contributed by atoms with Gasteiger partial charge in [0.05, 0.1) is 24.0 Å². The summed E-state index contributed by atoms with van der Waals surface area (Å²) in [6.45, 7) is 0.520. The lowest BCUT2D eigenvalue weighted by Crippen LogP contribution is -2.59. The van der Waals surface area contributed by atoms with Gasteiger partial charge in [0.2, 0.25) is 0 Å². The number of carbonyl (C=O) groups is 1. The zero-order chi connectivity index (χ0) is 23.9. The predicted octanol–water partition coefficient (Wildman–Crippen LogP) is 4.20. The normalized spacial score (nSPS) is 22.0. The molecule has 1 saturated carbocycles. The molecule has 6 rings (SSSR count). The van der Waals surface area contributed by atoms with E-state index in [0.717, 1.165) is 19.0 Å². The summed E-state index contributed by atoms with van der Waals surface area (Å²) < 4.78 is 52.5. The molecular weight excluding hydrogens is 452 g/mol. The molecule has 3 aromatic rings. The van der Waals surface area contributed by atoms with E-state index in [4.69, 9.17) is 0 Å². The van der Waals surface area contributed by atoms with Gasteiger partial charge in [0.25, 0.3) is 5.91 Å². The molecule has 1 aliphatic carbocycles. The third-order valence-electron chi connectivity index (χ3n) is 6.33. The standard InChI is InChI=1S/C23H20F4N6O/c24-14-3-4-15(21-28-6-1-7-29-21)16(9-14)22(34)33-12-13-2-5-18(33)17(8-13)32-20-11-30-19(10-31-20)23(25,26)27/h1,3-4,6-7,9-11,13,17-18H,2,5,8,12H2,(H,31,32). The maximum absolute atomic E-state index is 14.1. The van der Waals surface area contributed by atoms with E-state index in [0.29, 0.717) is 30.6 Å². The summed E-state index contributed by atoms with van der Waals surface area (Å²) in [6.07, 6.45) is 2.66. The fourth-order valence-electron chi connectivity index (χ4n) is 4.80. The monoisotopic (exact) mass is 472 g/mol. The molecule has 2 saturated heterocycles. The fraction of sp³-hybridized carbons (Fsp3) is 0.348. The van der Waals surface area contributed by atoms with Crippen molar-refractivity contribution >= 4 is 11.7 Å². The molecule has 3 atom stereocenters. The number of amides is 1. The van der Waals surface area contributed by atoms with Crippen LogP contribution in [0.5, 0.6) is 0 Å². The van der Waals surface area contributed by atoms with Crippen molar-refractivity contribution in [2.45, 2.75) is 37.5 Å². The highest BCUT2D eigenvalue weighted by molar-refractivity contribution is 6.00. The average Bonchev–Trinajstić information content (AvgIpc) is 2.84. The van der Waals surface area contributed by atoms with Crippen LogP contribution in [0.1, 0.15) is 35.3 Å². The van der Waals surface area contributed by atoms with Gasteiger partial charge in [-0.2, -0.15) is 13.2 Å². The molecule has 3 aliphatic rings. The summed E-state index contributed by atoms with van der Waals surface area (Å²) in [5.41, 5.74) is -0.458. The lowest BCUT2D eigenvalue weighted by molar-refractivity contribution is -0.141. The number of halogens is 4. The van der Waals surface area contributed by atoms with Crippen LogP contribution in [0.2, 0.25) is 0 Å². The van der Waals surface area contributed by atoms with Crippen LogP contribution in [-0.4, -0.2) is 49.4 Å². The zero-order valence-corrected chi connectivity index (χ0v) is 17.8. The third-order valence-corrected chi connectivity index (χ3v) is 6.33. The summed E-state index contributed by atoms with van der Waals surface area (Å²) in [5, 5.41) is 3.15. The minimum absolute atomic E-state index is 0.173. The van der Waals surface area contributed by atoms with Crippen molar-refractivity contribution < 1.29 is 22.4 Å². The van der Waals surface area contributed by atoms with Crippen molar-refractivity contribution in [1.29, 1.82) is 0 Å². The topological polar surface area (TPSA) is 83.9 Å². The Kier molecular flexibility index (Phi) is 5.62. The number of alkyl halides is 3. The molecule has 3 unspecified atom stereocenters. The molecule has 34 heavy (non-hydrogen) atoms. The second-order valence-electron chi connectivity index (χ2n) is 8.50. The van der Waals surface area contributed by atoms with Gasteiger partial charge in [0, 0.05) is 30.5 Å². The van der Waals surface area contributed by atoms with E-state index >= 15 is 0 Å². The van der Waals surface area contributed by atoms with Crippen molar-refractivity contribution in [2.24, 2.45) is 5.92 Å². The number of hydrogen-bond acceptors (Lipinski definition) is 6. The Morgan fingerprint density at radius 1 is 1.06 bits per heavy atom. The maximum Gasteiger partial charge on any atom is 0.434 e. The van der Waals surface area contributed by atoms with Gasteiger partial charge < -0.3 is 10.2 Å². The highest BCUT2D eigenvalue weighted by atomic mass is 19.4. The number of rotatable bonds is 4. The third kappa shape index (κ3) is 4.29. The van der Waals surface area contributed by atoms with Crippen LogP contribution in [0.4, 0.5) is 23.4 Å². The molecule has 4 heterocycles. The first-order chi connectivity index (χ1) is 16.3. The van der Waals surface area contributed by atoms with Crippen molar-refractivity contribution in [3.8, 4) is 11.4 Å². The molecule has 2 aliphatic heterocycles. The van der Waals surface area contributed by atoms with Crippen molar-refractivity contribution in [3.05, 3.63) is 66.1 Å². The Morgan fingerprint density at radius 3 is 2.53 bits per heavy atom. The SMILES string of the molecule is O=C(c1cc(F)ccc1-c1ncccn1)N1CC2CCC1C(Nc1cnc(C(F)(F)F)cn1)C2. The largest absolute Gasteiger partial charge is 0.434 e. The Morgan fingerprint density at radius 2 is 1.85 bits per heavy atom. The number of anilines is 1. The van der Waals surface area contributed by atoms with Crippen LogP contribution in [0.3, 0.4) is 0 Å². The van der Waals surface area contributed by atoms with Gasteiger partial charge >= 0.3 is 6.18 Å².